The van der Waals surface area contributed by atoms with Crippen molar-refractivity contribution in [1.82, 2.24) is 0 Å². The SMILES string of the molecule is Cc1cc(N2CC(C)SC(C)C2)ccc1CCl. The minimum atomic E-state index is 0.606. The van der Waals surface area contributed by atoms with Crippen LogP contribution in [0.2, 0.25) is 0 Å². The molecule has 0 bridgehead atoms. The second-order valence-corrected chi connectivity index (χ2v) is 7.06. The van der Waals surface area contributed by atoms with E-state index in [0.717, 1.165) is 13.1 Å². The zero-order chi connectivity index (χ0) is 12.4. The normalized spacial score (nSPS) is 25.1. The van der Waals surface area contributed by atoms with Crippen LogP contribution < -0.4 is 4.90 Å². The highest BCUT2D eigenvalue weighted by Gasteiger charge is 2.22. The fourth-order valence-corrected chi connectivity index (χ4v) is 4.04. The van der Waals surface area contributed by atoms with Gasteiger partial charge in [0.1, 0.15) is 0 Å². The van der Waals surface area contributed by atoms with E-state index in [1.54, 1.807) is 0 Å². The third-order valence-corrected chi connectivity index (χ3v) is 4.77. The highest BCUT2D eigenvalue weighted by Crippen LogP contribution is 2.29. The van der Waals surface area contributed by atoms with Gasteiger partial charge in [0.25, 0.3) is 0 Å². The Morgan fingerprint density at radius 3 is 2.47 bits per heavy atom. The first kappa shape index (κ1) is 13.1. The Bertz CT molecular complexity index is 384. The second kappa shape index (κ2) is 5.53. The molecule has 3 heteroatoms. The minimum Gasteiger partial charge on any atom is -0.369 e. The lowest BCUT2D eigenvalue weighted by molar-refractivity contribution is 0.728. The van der Waals surface area contributed by atoms with Gasteiger partial charge in [-0.1, -0.05) is 19.9 Å². The zero-order valence-corrected chi connectivity index (χ0v) is 12.3. The van der Waals surface area contributed by atoms with E-state index in [4.69, 9.17) is 11.6 Å². The van der Waals surface area contributed by atoms with Gasteiger partial charge in [-0.05, 0) is 30.2 Å². The number of halogens is 1. The third-order valence-electron chi connectivity index (χ3n) is 3.25. The average molecular weight is 270 g/mol. The molecule has 0 spiro atoms. The molecular formula is C14H20ClNS. The molecule has 1 saturated heterocycles. The largest absolute Gasteiger partial charge is 0.369 e. The molecule has 94 valence electrons. The van der Waals surface area contributed by atoms with Crippen LogP contribution in [0.3, 0.4) is 0 Å². The van der Waals surface area contributed by atoms with Crippen molar-refractivity contribution >= 4 is 29.1 Å². The third kappa shape index (κ3) is 3.11. The fourth-order valence-electron chi connectivity index (χ4n) is 2.42. The number of hydrogen-bond donors (Lipinski definition) is 0. The van der Waals surface area contributed by atoms with Crippen LogP contribution in [0.4, 0.5) is 5.69 Å². The first-order valence-corrected chi connectivity index (χ1v) is 7.63. The van der Waals surface area contributed by atoms with Crippen molar-refractivity contribution in [3.05, 3.63) is 29.3 Å². The topological polar surface area (TPSA) is 3.24 Å². The summed E-state index contributed by atoms with van der Waals surface area (Å²) in [5, 5.41) is 1.43. The maximum atomic E-state index is 5.90. The monoisotopic (exact) mass is 269 g/mol. The van der Waals surface area contributed by atoms with Crippen molar-refractivity contribution < 1.29 is 0 Å². The number of hydrogen-bond acceptors (Lipinski definition) is 2. The summed E-state index contributed by atoms with van der Waals surface area (Å²) in [6, 6.07) is 6.64. The van der Waals surface area contributed by atoms with Crippen LogP contribution >= 0.6 is 23.4 Å². The van der Waals surface area contributed by atoms with Gasteiger partial charge in [-0.15, -0.1) is 11.6 Å². The van der Waals surface area contributed by atoms with Crippen LogP contribution in [0.15, 0.2) is 18.2 Å². The molecule has 2 rings (SSSR count). The van der Waals surface area contributed by atoms with Gasteiger partial charge in [0.05, 0.1) is 0 Å². The number of rotatable bonds is 2. The lowest BCUT2D eigenvalue weighted by Crippen LogP contribution is -2.40. The summed E-state index contributed by atoms with van der Waals surface area (Å²) in [6.45, 7) is 9.07. The summed E-state index contributed by atoms with van der Waals surface area (Å²) in [5.74, 6) is 0.606. The predicted octanol–water partition coefficient (Wildman–Crippen LogP) is 4.06. The molecule has 2 atom stereocenters. The molecule has 1 fully saturated rings. The van der Waals surface area contributed by atoms with Crippen LogP contribution in [0.1, 0.15) is 25.0 Å². The Morgan fingerprint density at radius 1 is 1.29 bits per heavy atom. The van der Waals surface area contributed by atoms with Crippen LogP contribution in [0.25, 0.3) is 0 Å². The quantitative estimate of drug-likeness (QED) is 0.745. The Balaban J connectivity index is 2.19. The van der Waals surface area contributed by atoms with E-state index in [-0.39, 0.29) is 0 Å². The van der Waals surface area contributed by atoms with Gasteiger partial charge in [-0.3, -0.25) is 0 Å². The maximum Gasteiger partial charge on any atom is 0.0476 e. The smallest absolute Gasteiger partial charge is 0.0476 e. The summed E-state index contributed by atoms with van der Waals surface area (Å²) in [7, 11) is 0. The number of anilines is 1. The van der Waals surface area contributed by atoms with Gasteiger partial charge in [0.15, 0.2) is 0 Å². The molecule has 0 radical (unpaired) electrons. The molecule has 1 heterocycles. The second-order valence-electron chi connectivity index (χ2n) is 4.91. The lowest BCUT2D eigenvalue weighted by atomic mass is 10.1. The molecule has 0 aliphatic carbocycles. The summed E-state index contributed by atoms with van der Waals surface area (Å²) >= 11 is 7.99. The molecule has 0 amide bonds. The summed E-state index contributed by atoms with van der Waals surface area (Å²) in [6.07, 6.45) is 0. The van der Waals surface area contributed by atoms with Gasteiger partial charge >= 0.3 is 0 Å². The Labute approximate surface area is 114 Å². The van der Waals surface area contributed by atoms with E-state index in [2.05, 4.69) is 55.6 Å². The summed E-state index contributed by atoms with van der Waals surface area (Å²) in [5.41, 5.74) is 3.88. The maximum absolute atomic E-state index is 5.90. The number of benzene rings is 1. The molecule has 1 aliphatic rings. The van der Waals surface area contributed by atoms with E-state index in [0.29, 0.717) is 16.4 Å². The average Bonchev–Trinajstić information content (AvgIpc) is 2.27. The zero-order valence-electron chi connectivity index (χ0n) is 10.7. The van der Waals surface area contributed by atoms with Crippen LogP contribution in [0, 0.1) is 6.92 Å². The Kier molecular flexibility index (Phi) is 4.26. The lowest BCUT2D eigenvalue weighted by Gasteiger charge is -2.36. The van der Waals surface area contributed by atoms with Crippen molar-refractivity contribution in [3.63, 3.8) is 0 Å². The molecule has 0 N–H and O–H groups in total. The standard InChI is InChI=1S/C14H20ClNS/c1-10-6-14(5-4-13(10)7-15)16-8-11(2)17-12(3)9-16/h4-6,11-12H,7-9H2,1-3H3. The van der Waals surface area contributed by atoms with Gasteiger partial charge in [0, 0.05) is 35.2 Å². The number of thioether (sulfide) groups is 1. The summed E-state index contributed by atoms with van der Waals surface area (Å²) < 4.78 is 0. The van der Waals surface area contributed by atoms with Crippen molar-refractivity contribution in [3.8, 4) is 0 Å². The van der Waals surface area contributed by atoms with E-state index < -0.39 is 0 Å². The highest BCUT2D eigenvalue weighted by molar-refractivity contribution is 8.00. The van der Waals surface area contributed by atoms with Crippen molar-refractivity contribution in [2.45, 2.75) is 37.2 Å². The molecule has 0 saturated carbocycles. The Hall–Kier alpha value is -0.340. The molecule has 0 aromatic heterocycles. The molecule has 1 nitrogen and oxygen atoms in total. The number of alkyl halides is 1. The molecule has 2 unspecified atom stereocenters. The first-order valence-electron chi connectivity index (χ1n) is 6.16. The predicted molar refractivity (Wildman–Crippen MR) is 79.5 cm³/mol. The fraction of sp³-hybridized carbons (Fsp3) is 0.571. The molecule has 1 aromatic carbocycles. The number of aryl methyl sites for hydroxylation is 1. The minimum absolute atomic E-state index is 0.606. The Morgan fingerprint density at radius 2 is 1.94 bits per heavy atom. The van der Waals surface area contributed by atoms with Crippen molar-refractivity contribution in [2.75, 3.05) is 18.0 Å². The molecule has 1 aromatic rings. The van der Waals surface area contributed by atoms with Crippen molar-refractivity contribution in [2.24, 2.45) is 0 Å². The molecular weight excluding hydrogens is 250 g/mol. The molecule has 1 aliphatic heterocycles. The van der Waals surface area contributed by atoms with Crippen LogP contribution in [-0.2, 0) is 5.88 Å². The van der Waals surface area contributed by atoms with Crippen LogP contribution in [-0.4, -0.2) is 23.6 Å². The van der Waals surface area contributed by atoms with E-state index in [1.807, 2.05) is 0 Å². The first-order chi connectivity index (χ1) is 8.10. The number of nitrogens with zero attached hydrogens (tertiary/aromatic N) is 1. The van der Waals surface area contributed by atoms with Crippen LogP contribution in [0.5, 0.6) is 0 Å². The van der Waals surface area contributed by atoms with Gasteiger partial charge in [-0.2, -0.15) is 11.8 Å². The molecule has 17 heavy (non-hydrogen) atoms. The van der Waals surface area contributed by atoms with E-state index in [9.17, 15) is 0 Å². The van der Waals surface area contributed by atoms with Gasteiger partial charge in [0.2, 0.25) is 0 Å². The highest BCUT2D eigenvalue weighted by atomic mass is 35.5. The van der Waals surface area contributed by atoms with Gasteiger partial charge in [-0.25, -0.2) is 0 Å². The van der Waals surface area contributed by atoms with E-state index >= 15 is 0 Å². The van der Waals surface area contributed by atoms with E-state index in [1.165, 1.54) is 16.8 Å². The summed E-state index contributed by atoms with van der Waals surface area (Å²) in [4.78, 5) is 2.50. The van der Waals surface area contributed by atoms with Gasteiger partial charge < -0.3 is 4.90 Å². The van der Waals surface area contributed by atoms with Crippen molar-refractivity contribution in [1.29, 1.82) is 0 Å².